The first kappa shape index (κ1) is 15.0. The molecule has 0 spiro atoms. The third-order valence-corrected chi connectivity index (χ3v) is 3.53. The van der Waals surface area contributed by atoms with E-state index in [2.05, 4.69) is 19.2 Å². The molecular weight excluding hydrogens is 228 g/mol. The third kappa shape index (κ3) is 3.03. The number of urea groups is 1. The Balaban J connectivity index is 2.79. The van der Waals surface area contributed by atoms with Gasteiger partial charge in [0.2, 0.25) is 0 Å². The van der Waals surface area contributed by atoms with E-state index in [0.717, 1.165) is 32.1 Å². The van der Waals surface area contributed by atoms with Crippen molar-refractivity contribution in [1.82, 2.24) is 10.2 Å². The second kappa shape index (κ2) is 6.21. The molecule has 1 N–H and O–H groups in total. The summed E-state index contributed by atoms with van der Waals surface area (Å²) in [7, 11) is 0. The van der Waals surface area contributed by atoms with Crippen LogP contribution in [0.25, 0.3) is 0 Å². The van der Waals surface area contributed by atoms with Crippen LogP contribution < -0.4 is 5.32 Å². The van der Waals surface area contributed by atoms with E-state index in [4.69, 9.17) is 0 Å². The van der Waals surface area contributed by atoms with Crippen LogP contribution in [0.1, 0.15) is 59.8 Å². The van der Waals surface area contributed by atoms with Crippen molar-refractivity contribution in [3.05, 3.63) is 0 Å². The van der Waals surface area contributed by atoms with Crippen molar-refractivity contribution in [2.24, 2.45) is 5.92 Å². The quantitative estimate of drug-likeness (QED) is 0.710. The number of hydrogen-bond acceptors (Lipinski definition) is 2. The summed E-state index contributed by atoms with van der Waals surface area (Å²) in [6.07, 6.45) is 4.16. The van der Waals surface area contributed by atoms with E-state index in [1.807, 2.05) is 13.8 Å². The first-order chi connectivity index (χ1) is 8.46. The molecule has 4 heteroatoms. The molecule has 18 heavy (non-hydrogen) atoms. The zero-order chi connectivity index (χ0) is 13.8. The Labute approximate surface area is 110 Å². The molecule has 1 saturated heterocycles. The van der Waals surface area contributed by atoms with Gasteiger partial charge in [0.1, 0.15) is 5.54 Å². The van der Waals surface area contributed by atoms with Gasteiger partial charge in [-0.3, -0.25) is 9.69 Å². The molecule has 0 aromatic carbocycles. The Hall–Kier alpha value is -1.06. The number of hydrogen-bond donors (Lipinski definition) is 1. The van der Waals surface area contributed by atoms with Crippen LogP contribution in [0.4, 0.5) is 4.79 Å². The van der Waals surface area contributed by atoms with Crippen LogP contribution in [0.2, 0.25) is 0 Å². The minimum Gasteiger partial charge on any atom is -0.323 e. The predicted molar refractivity (Wildman–Crippen MR) is 72.2 cm³/mol. The Morgan fingerprint density at radius 2 is 1.72 bits per heavy atom. The second-order valence-corrected chi connectivity index (χ2v) is 5.65. The highest BCUT2D eigenvalue weighted by atomic mass is 16.2. The summed E-state index contributed by atoms with van der Waals surface area (Å²) < 4.78 is 0. The topological polar surface area (TPSA) is 49.4 Å². The predicted octanol–water partition coefficient (Wildman–Crippen LogP) is 2.92. The standard InChI is InChI=1S/C14H26N2O2/c1-5-8-14(9-6-2)12(17)16(13(18)15-14)10-7-11(3)4/h11H,5-10H2,1-4H3,(H,15,18). The summed E-state index contributed by atoms with van der Waals surface area (Å²) in [5.74, 6) is 0.481. The van der Waals surface area contributed by atoms with Gasteiger partial charge in [0.25, 0.3) is 5.91 Å². The number of imide groups is 1. The maximum Gasteiger partial charge on any atom is 0.325 e. The van der Waals surface area contributed by atoms with Crippen LogP contribution in [0.5, 0.6) is 0 Å². The van der Waals surface area contributed by atoms with Gasteiger partial charge < -0.3 is 5.32 Å². The average molecular weight is 254 g/mol. The highest BCUT2D eigenvalue weighted by molar-refractivity contribution is 6.07. The van der Waals surface area contributed by atoms with Gasteiger partial charge in [0, 0.05) is 6.54 Å². The summed E-state index contributed by atoms with van der Waals surface area (Å²) in [5.41, 5.74) is -0.627. The lowest BCUT2D eigenvalue weighted by Crippen LogP contribution is -2.46. The molecule has 104 valence electrons. The molecule has 0 atom stereocenters. The average Bonchev–Trinajstić information content (AvgIpc) is 2.50. The third-order valence-electron chi connectivity index (χ3n) is 3.53. The molecule has 0 saturated carbocycles. The monoisotopic (exact) mass is 254 g/mol. The summed E-state index contributed by atoms with van der Waals surface area (Å²) in [5, 5.41) is 2.93. The van der Waals surface area contributed by atoms with Crippen LogP contribution in [0.15, 0.2) is 0 Å². The van der Waals surface area contributed by atoms with Gasteiger partial charge in [-0.2, -0.15) is 0 Å². The maximum absolute atomic E-state index is 12.5. The molecule has 1 aliphatic rings. The Morgan fingerprint density at radius 1 is 1.17 bits per heavy atom. The lowest BCUT2D eigenvalue weighted by atomic mass is 9.88. The zero-order valence-electron chi connectivity index (χ0n) is 12.1. The fraction of sp³-hybridized carbons (Fsp3) is 0.857. The van der Waals surface area contributed by atoms with Gasteiger partial charge in [-0.05, 0) is 25.2 Å². The van der Waals surface area contributed by atoms with E-state index < -0.39 is 5.54 Å². The molecule has 0 unspecified atom stereocenters. The molecule has 0 aromatic rings. The van der Waals surface area contributed by atoms with Gasteiger partial charge in [-0.1, -0.05) is 40.5 Å². The summed E-state index contributed by atoms with van der Waals surface area (Å²) >= 11 is 0. The lowest BCUT2D eigenvalue weighted by Gasteiger charge is -2.25. The van der Waals surface area contributed by atoms with Crippen molar-refractivity contribution >= 4 is 11.9 Å². The first-order valence-corrected chi connectivity index (χ1v) is 7.11. The van der Waals surface area contributed by atoms with Crippen molar-refractivity contribution in [3.8, 4) is 0 Å². The van der Waals surface area contributed by atoms with E-state index >= 15 is 0 Å². The van der Waals surface area contributed by atoms with Gasteiger partial charge in [0.05, 0.1) is 0 Å². The molecule has 4 nitrogen and oxygen atoms in total. The van der Waals surface area contributed by atoms with Crippen LogP contribution in [0, 0.1) is 5.92 Å². The summed E-state index contributed by atoms with van der Waals surface area (Å²) in [6.45, 7) is 8.84. The van der Waals surface area contributed by atoms with Crippen molar-refractivity contribution in [2.45, 2.75) is 65.3 Å². The molecule has 0 aromatic heterocycles. The van der Waals surface area contributed by atoms with Gasteiger partial charge >= 0.3 is 6.03 Å². The fourth-order valence-corrected chi connectivity index (χ4v) is 2.58. The van der Waals surface area contributed by atoms with Crippen molar-refractivity contribution in [3.63, 3.8) is 0 Å². The normalized spacial score (nSPS) is 18.6. The molecule has 1 aliphatic heterocycles. The highest BCUT2D eigenvalue weighted by Gasteiger charge is 2.49. The van der Waals surface area contributed by atoms with E-state index in [1.165, 1.54) is 4.90 Å². The summed E-state index contributed by atoms with van der Waals surface area (Å²) in [4.78, 5) is 25.8. The van der Waals surface area contributed by atoms with Crippen LogP contribution in [-0.2, 0) is 4.79 Å². The molecule has 0 radical (unpaired) electrons. The second-order valence-electron chi connectivity index (χ2n) is 5.65. The van der Waals surface area contributed by atoms with Crippen molar-refractivity contribution in [1.29, 1.82) is 0 Å². The fourth-order valence-electron chi connectivity index (χ4n) is 2.58. The van der Waals surface area contributed by atoms with E-state index in [0.29, 0.717) is 12.5 Å². The van der Waals surface area contributed by atoms with E-state index in [9.17, 15) is 9.59 Å². The molecule has 1 rings (SSSR count). The van der Waals surface area contributed by atoms with E-state index in [1.54, 1.807) is 0 Å². The molecular formula is C14H26N2O2. The number of nitrogens with zero attached hydrogens (tertiary/aromatic N) is 1. The van der Waals surface area contributed by atoms with Crippen molar-refractivity contribution < 1.29 is 9.59 Å². The number of nitrogens with one attached hydrogen (secondary N) is 1. The molecule has 1 fully saturated rings. The maximum atomic E-state index is 12.5. The van der Waals surface area contributed by atoms with Crippen molar-refractivity contribution in [2.75, 3.05) is 6.54 Å². The largest absolute Gasteiger partial charge is 0.325 e. The molecule has 1 heterocycles. The van der Waals surface area contributed by atoms with Gasteiger partial charge in [0.15, 0.2) is 0 Å². The highest BCUT2D eigenvalue weighted by Crippen LogP contribution is 2.28. The molecule has 3 amide bonds. The Kier molecular flexibility index (Phi) is 5.17. The van der Waals surface area contributed by atoms with Gasteiger partial charge in [-0.15, -0.1) is 0 Å². The number of carbonyl (C=O) groups is 2. The number of amides is 3. The minimum absolute atomic E-state index is 0.0168. The molecule has 0 aliphatic carbocycles. The smallest absolute Gasteiger partial charge is 0.323 e. The molecule has 0 bridgehead atoms. The van der Waals surface area contributed by atoms with E-state index in [-0.39, 0.29) is 11.9 Å². The first-order valence-electron chi connectivity index (χ1n) is 7.11. The Bertz CT molecular complexity index is 307. The van der Waals surface area contributed by atoms with Crippen LogP contribution in [-0.4, -0.2) is 28.9 Å². The zero-order valence-corrected chi connectivity index (χ0v) is 12.1. The van der Waals surface area contributed by atoms with Gasteiger partial charge in [-0.25, -0.2) is 4.79 Å². The van der Waals surface area contributed by atoms with Crippen LogP contribution >= 0.6 is 0 Å². The SMILES string of the molecule is CCCC1(CCC)NC(=O)N(CCC(C)C)C1=O. The Morgan fingerprint density at radius 3 is 2.17 bits per heavy atom. The minimum atomic E-state index is -0.627. The van der Waals surface area contributed by atoms with Crippen LogP contribution in [0.3, 0.4) is 0 Å². The number of carbonyl (C=O) groups excluding carboxylic acids is 2. The lowest BCUT2D eigenvalue weighted by molar-refractivity contribution is -0.132. The summed E-state index contributed by atoms with van der Waals surface area (Å²) in [6, 6.07) is -0.206. The number of rotatable bonds is 7.